The molecule has 0 aliphatic carbocycles. The molecule has 1 aromatic carbocycles. The Morgan fingerprint density at radius 3 is 2.94 bits per heavy atom. The van der Waals surface area contributed by atoms with Crippen LogP contribution in [0.15, 0.2) is 36.9 Å². The molecule has 186 valence electrons. The monoisotopic (exact) mass is 483 g/mol. The van der Waals surface area contributed by atoms with Crippen LogP contribution in [0.2, 0.25) is 0 Å². The highest BCUT2D eigenvalue weighted by Gasteiger charge is 2.75. The molecule has 1 spiro atoms. The van der Waals surface area contributed by atoms with Gasteiger partial charge in [0.1, 0.15) is 23.8 Å². The number of hydrogen-bond acceptors (Lipinski definition) is 8. The van der Waals surface area contributed by atoms with Crippen LogP contribution in [-0.4, -0.2) is 91.7 Å². The highest BCUT2D eigenvalue weighted by Crippen LogP contribution is 2.58. The molecule has 0 saturated carbocycles. The summed E-state index contributed by atoms with van der Waals surface area (Å²) in [5.41, 5.74) is 0.320. The summed E-state index contributed by atoms with van der Waals surface area (Å²) < 4.78 is 13.2. The van der Waals surface area contributed by atoms with Crippen molar-refractivity contribution in [1.82, 2.24) is 24.8 Å². The number of rotatable bonds is 9. The summed E-state index contributed by atoms with van der Waals surface area (Å²) in [6.07, 6.45) is 2.16. The van der Waals surface area contributed by atoms with Gasteiger partial charge in [-0.05, 0) is 31.9 Å². The van der Waals surface area contributed by atoms with E-state index in [-0.39, 0.29) is 44.8 Å². The molecule has 2 aromatic rings. The van der Waals surface area contributed by atoms with Crippen molar-refractivity contribution in [3.05, 3.63) is 36.9 Å². The van der Waals surface area contributed by atoms with Gasteiger partial charge in [0.05, 0.1) is 36.7 Å². The van der Waals surface area contributed by atoms with E-state index in [1.807, 2.05) is 24.3 Å². The molecule has 11 heteroatoms. The molecule has 4 heterocycles. The van der Waals surface area contributed by atoms with Crippen LogP contribution < -0.4 is 0 Å². The predicted molar refractivity (Wildman–Crippen MR) is 122 cm³/mol. The molecule has 0 radical (unpaired) electrons. The van der Waals surface area contributed by atoms with Gasteiger partial charge in [0.25, 0.3) is 0 Å². The van der Waals surface area contributed by atoms with Gasteiger partial charge in [0.2, 0.25) is 11.8 Å². The molecule has 5 rings (SSSR count). The summed E-state index contributed by atoms with van der Waals surface area (Å²) in [5, 5.41) is 18.1. The first-order valence-electron chi connectivity index (χ1n) is 11.9. The third-order valence-corrected chi connectivity index (χ3v) is 7.32. The zero-order chi connectivity index (χ0) is 24.7. The maximum atomic E-state index is 14.1. The van der Waals surface area contributed by atoms with Crippen LogP contribution in [0, 0.1) is 11.8 Å². The van der Waals surface area contributed by atoms with E-state index in [4.69, 9.17) is 9.47 Å². The average molecular weight is 484 g/mol. The molecule has 0 unspecified atom stereocenters. The highest BCUT2D eigenvalue weighted by atomic mass is 16.6. The topological polar surface area (TPSA) is 127 Å². The van der Waals surface area contributed by atoms with Crippen molar-refractivity contribution in [3.8, 4) is 0 Å². The summed E-state index contributed by atoms with van der Waals surface area (Å²) in [5.74, 6) is -2.77. The lowest BCUT2D eigenvalue weighted by Gasteiger charge is -2.36. The number of aliphatic hydroxyl groups excluding tert-OH is 1. The Morgan fingerprint density at radius 2 is 2.20 bits per heavy atom. The first-order chi connectivity index (χ1) is 17.0. The van der Waals surface area contributed by atoms with E-state index in [0.29, 0.717) is 18.4 Å². The van der Waals surface area contributed by atoms with Gasteiger partial charge in [0, 0.05) is 13.1 Å². The predicted octanol–water partition coefficient (Wildman–Crippen LogP) is 0.333. The van der Waals surface area contributed by atoms with Gasteiger partial charge < -0.3 is 24.4 Å². The van der Waals surface area contributed by atoms with E-state index in [1.54, 1.807) is 22.6 Å². The van der Waals surface area contributed by atoms with Gasteiger partial charge in [-0.1, -0.05) is 23.4 Å². The molecule has 3 aliphatic heterocycles. The Kier molecular flexibility index (Phi) is 6.06. The summed E-state index contributed by atoms with van der Waals surface area (Å²) in [4.78, 5) is 43.4. The summed E-state index contributed by atoms with van der Waals surface area (Å²) in [6.45, 7) is 5.63. The second-order valence-electron chi connectivity index (χ2n) is 9.13. The molecular weight excluding hydrogens is 454 g/mol. The van der Waals surface area contributed by atoms with Gasteiger partial charge in [-0.25, -0.2) is 4.68 Å². The minimum atomic E-state index is -1.14. The van der Waals surface area contributed by atoms with Gasteiger partial charge in [-0.15, -0.1) is 11.7 Å². The normalized spacial score (nSPS) is 29.0. The number of esters is 1. The smallest absolute Gasteiger partial charge is 0.312 e. The first kappa shape index (κ1) is 23.4. The number of fused-ring (bicyclic) bond motifs is 2. The second-order valence-corrected chi connectivity index (χ2v) is 9.13. The molecule has 2 bridgehead atoms. The largest absolute Gasteiger partial charge is 0.466 e. The fourth-order valence-electron chi connectivity index (χ4n) is 6.02. The lowest BCUT2D eigenvalue weighted by atomic mass is 9.70. The van der Waals surface area contributed by atoms with Gasteiger partial charge >= 0.3 is 5.97 Å². The quantitative estimate of drug-likeness (QED) is 0.399. The van der Waals surface area contributed by atoms with Crippen LogP contribution in [0.4, 0.5) is 0 Å². The van der Waals surface area contributed by atoms with Crippen molar-refractivity contribution in [1.29, 1.82) is 0 Å². The van der Waals surface area contributed by atoms with E-state index < -0.39 is 35.6 Å². The Hall–Kier alpha value is -3.31. The van der Waals surface area contributed by atoms with Gasteiger partial charge in [-0.3, -0.25) is 14.4 Å². The second kappa shape index (κ2) is 9.04. The number of likely N-dealkylation sites (tertiary alicyclic amines) is 1. The molecule has 3 saturated heterocycles. The third-order valence-electron chi connectivity index (χ3n) is 7.32. The van der Waals surface area contributed by atoms with Crippen molar-refractivity contribution in [2.75, 3.05) is 26.3 Å². The minimum Gasteiger partial charge on any atom is -0.466 e. The van der Waals surface area contributed by atoms with E-state index in [9.17, 15) is 19.5 Å². The number of aromatic nitrogens is 3. The fourth-order valence-corrected chi connectivity index (χ4v) is 6.02. The van der Waals surface area contributed by atoms with Crippen molar-refractivity contribution < 1.29 is 29.0 Å². The van der Waals surface area contributed by atoms with Crippen LogP contribution in [-0.2, 0) is 30.5 Å². The Balaban J connectivity index is 1.50. The third kappa shape index (κ3) is 3.52. The molecule has 11 nitrogen and oxygen atoms in total. The molecule has 1 aromatic heterocycles. The first-order valence-corrected chi connectivity index (χ1v) is 11.9. The van der Waals surface area contributed by atoms with Crippen LogP contribution in [0.25, 0.3) is 11.0 Å². The zero-order valence-corrected chi connectivity index (χ0v) is 19.6. The SMILES string of the molecule is C=CCN(Cn1nnc2ccccc21)C(=O)[C@@H]1N(CCO)C(=O)[C@H]2[C@H](C(=O)OCC)[C@@H]3CC[C@]12O3. The van der Waals surface area contributed by atoms with Crippen LogP contribution >= 0.6 is 0 Å². The van der Waals surface area contributed by atoms with E-state index in [0.717, 1.165) is 5.52 Å². The molecule has 3 aliphatic rings. The molecule has 35 heavy (non-hydrogen) atoms. The maximum Gasteiger partial charge on any atom is 0.312 e. The number of aliphatic hydroxyl groups is 1. The number of carbonyl (C=O) groups is 3. The van der Waals surface area contributed by atoms with E-state index in [2.05, 4.69) is 16.9 Å². The molecule has 3 fully saturated rings. The van der Waals surface area contributed by atoms with Crippen LogP contribution in [0.1, 0.15) is 19.8 Å². The molecule has 5 atom stereocenters. The molecule has 2 amide bonds. The van der Waals surface area contributed by atoms with Crippen molar-refractivity contribution in [3.63, 3.8) is 0 Å². The number of para-hydroxylation sites is 1. The van der Waals surface area contributed by atoms with Crippen molar-refractivity contribution in [2.45, 2.75) is 44.2 Å². The summed E-state index contributed by atoms with van der Waals surface area (Å²) in [6, 6.07) is 6.44. The molecule has 1 N–H and O–H groups in total. The lowest BCUT2D eigenvalue weighted by Crippen LogP contribution is -2.56. The number of carbonyl (C=O) groups excluding carboxylic acids is 3. The minimum absolute atomic E-state index is 0.0365. The van der Waals surface area contributed by atoms with E-state index in [1.165, 1.54) is 4.90 Å². The van der Waals surface area contributed by atoms with Gasteiger partial charge in [-0.2, -0.15) is 0 Å². The number of hydrogen-bond donors (Lipinski definition) is 1. The average Bonchev–Trinajstić information content (AvgIpc) is 3.59. The number of nitrogens with zero attached hydrogens (tertiary/aromatic N) is 5. The zero-order valence-electron chi connectivity index (χ0n) is 19.6. The fraction of sp³-hybridized carbons (Fsp3) is 0.542. The van der Waals surface area contributed by atoms with Crippen molar-refractivity contribution in [2.24, 2.45) is 11.8 Å². The van der Waals surface area contributed by atoms with Crippen LogP contribution in [0.3, 0.4) is 0 Å². The summed E-state index contributed by atoms with van der Waals surface area (Å²) in [7, 11) is 0. The number of β-amino-alcohol motifs (C(OH)–C–C–N with tert-alkyl or cyclic N) is 1. The Morgan fingerprint density at radius 1 is 1.40 bits per heavy atom. The molecular formula is C24H29N5O6. The number of benzene rings is 1. The lowest BCUT2D eigenvalue weighted by molar-refractivity contribution is -0.155. The van der Waals surface area contributed by atoms with E-state index >= 15 is 0 Å². The highest BCUT2D eigenvalue weighted by molar-refractivity contribution is 5.98. The van der Waals surface area contributed by atoms with Gasteiger partial charge in [0.15, 0.2) is 0 Å². The number of amides is 2. The van der Waals surface area contributed by atoms with Crippen molar-refractivity contribution >= 4 is 28.8 Å². The maximum absolute atomic E-state index is 14.1. The Labute approximate surface area is 202 Å². The Bertz CT molecular complexity index is 1170. The standard InChI is InChI=1S/C24H29N5O6/c1-3-11-27(14-29-16-8-6-5-7-15(16)25-26-29)22(32)20-24-10-9-17(35-24)18(23(33)34-4-2)19(24)21(31)28(20)12-13-30/h3,5-8,17-20,30H,1,4,9-14H2,2H3/t17-,18+,19+,20-,24+/m0/s1. The van der Waals surface area contributed by atoms with Crippen LogP contribution in [0.5, 0.6) is 0 Å². The number of ether oxygens (including phenoxy) is 2. The summed E-state index contributed by atoms with van der Waals surface area (Å²) >= 11 is 0.